The van der Waals surface area contributed by atoms with Crippen molar-refractivity contribution >= 4 is 23.5 Å². The molecule has 12 heteroatoms. The van der Waals surface area contributed by atoms with Gasteiger partial charge < -0.3 is 25.0 Å². The summed E-state index contributed by atoms with van der Waals surface area (Å²) in [4.78, 5) is 27.0. The molecular formula is C35H39F3N6O3. The van der Waals surface area contributed by atoms with Crippen molar-refractivity contribution in [1.29, 1.82) is 0 Å². The monoisotopic (exact) mass is 648 g/mol. The van der Waals surface area contributed by atoms with Gasteiger partial charge in [0.05, 0.1) is 12.6 Å². The zero-order chi connectivity index (χ0) is 33.7. The third-order valence-corrected chi connectivity index (χ3v) is 8.28. The van der Waals surface area contributed by atoms with Crippen LogP contribution in [0.2, 0.25) is 0 Å². The Morgan fingerprint density at radius 2 is 1.70 bits per heavy atom. The molecule has 1 saturated heterocycles. The van der Waals surface area contributed by atoms with Crippen molar-refractivity contribution < 1.29 is 27.8 Å². The van der Waals surface area contributed by atoms with Crippen molar-refractivity contribution in [2.75, 3.05) is 56.6 Å². The van der Waals surface area contributed by atoms with Crippen LogP contribution in [-0.4, -0.2) is 77.3 Å². The second-order valence-corrected chi connectivity index (χ2v) is 11.9. The minimum atomic E-state index is -1.44. The molecule has 1 aliphatic heterocycles. The molecule has 1 fully saturated rings. The number of halogens is 3. The van der Waals surface area contributed by atoms with Crippen LogP contribution in [0.5, 0.6) is 5.75 Å². The van der Waals surface area contributed by atoms with Crippen LogP contribution in [0.3, 0.4) is 0 Å². The Balaban J connectivity index is 1.37. The molecule has 0 bridgehead atoms. The van der Waals surface area contributed by atoms with Crippen LogP contribution in [-0.2, 0) is 0 Å². The van der Waals surface area contributed by atoms with E-state index in [0.29, 0.717) is 29.0 Å². The van der Waals surface area contributed by atoms with Crippen molar-refractivity contribution in [3.63, 3.8) is 0 Å². The predicted octanol–water partition coefficient (Wildman–Crippen LogP) is 6.85. The lowest BCUT2D eigenvalue weighted by Gasteiger charge is -2.32. The predicted molar refractivity (Wildman–Crippen MR) is 175 cm³/mol. The standard InChI is InChI=1S/C35H39F3N6O3/c1-22-18-23(2)32(24(3)19-22)33(27-20-25(36)6-8-28(27)37)44(35(45)46)31-10-11-39-34(41-31)40-26-7-9-30(29(38)21-26)47-17-5-12-43-15-13-42(4)14-16-43/h6-11,18-21,33H,5,12-17H2,1-4H3,(H,45,46)(H,39,40,41). The van der Waals surface area contributed by atoms with Crippen LogP contribution in [0.1, 0.15) is 40.3 Å². The van der Waals surface area contributed by atoms with Gasteiger partial charge in [0.15, 0.2) is 11.6 Å². The number of benzene rings is 3. The summed E-state index contributed by atoms with van der Waals surface area (Å²) in [6.07, 6.45) is 0.664. The molecule has 1 aliphatic rings. The number of amides is 1. The highest BCUT2D eigenvalue weighted by Gasteiger charge is 2.34. The summed E-state index contributed by atoms with van der Waals surface area (Å²) in [6, 6.07) is 11.1. The SMILES string of the molecule is Cc1cc(C)c(C(c2cc(F)ccc2F)N(C(=O)O)c2ccnc(Nc3ccc(OCCCN4CCN(C)CC4)c(F)c3)n2)c(C)c1. The summed E-state index contributed by atoms with van der Waals surface area (Å²) in [5.41, 5.74) is 2.98. The lowest BCUT2D eigenvalue weighted by atomic mass is 9.88. The number of anilines is 3. The highest BCUT2D eigenvalue weighted by Crippen LogP contribution is 2.38. The van der Waals surface area contributed by atoms with Crippen LogP contribution >= 0.6 is 0 Å². The van der Waals surface area contributed by atoms with E-state index in [9.17, 15) is 18.7 Å². The van der Waals surface area contributed by atoms with Gasteiger partial charge in [0.2, 0.25) is 5.95 Å². The van der Waals surface area contributed by atoms with E-state index in [1.807, 2.05) is 19.1 Å². The van der Waals surface area contributed by atoms with Gasteiger partial charge in [-0.1, -0.05) is 17.7 Å². The molecule has 1 unspecified atom stereocenters. The van der Waals surface area contributed by atoms with Crippen molar-refractivity contribution in [3.05, 3.63) is 106 Å². The average molecular weight is 649 g/mol. The van der Waals surface area contributed by atoms with Crippen molar-refractivity contribution in [1.82, 2.24) is 19.8 Å². The molecule has 0 radical (unpaired) electrons. The minimum absolute atomic E-state index is 0.0233. The first-order valence-electron chi connectivity index (χ1n) is 15.5. The van der Waals surface area contributed by atoms with E-state index in [-0.39, 0.29) is 23.1 Å². The van der Waals surface area contributed by atoms with E-state index in [1.54, 1.807) is 19.9 Å². The second-order valence-electron chi connectivity index (χ2n) is 11.9. The number of likely N-dealkylation sites (N-methyl/N-ethyl adjacent to an activating group) is 1. The number of aryl methyl sites for hydroxylation is 3. The number of piperazine rings is 1. The maximum atomic E-state index is 15.3. The largest absolute Gasteiger partial charge is 0.490 e. The van der Waals surface area contributed by atoms with Gasteiger partial charge in [-0.15, -0.1) is 0 Å². The number of rotatable bonds is 11. The Kier molecular flexibility index (Phi) is 10.6. The molecule has 248 valence electrons. The van der Waals surface area contributed by atoms with E-state index in [4.69, 9.17) is 4.74 Å². The molecule has 0 aliphatic carbocycles. The van der Waals surface area contributed by atoms with E-state index in [1.165, 1.54) is 24.4 Å². The average Bonchev–Trinajstić information content (AvgIpc) is 3.01. The van der Waals surface area contributed by atoms with Crippen LogP contribution in [0.15, 0.2) is 60.8 Å². The van der Waals surface area contributed by atoms with Gasteiger partial charge in [-0.05, 0) is 87.3 Å². The van der Waals surface area contributed by atoms with Gasteiger partial charge >= 0.3 is 6.09 Å². The molecule has 5 rings (SSSR count). The van der Waals surface area contributed by atoms with E-state index < -0.39 is 29.6 Å². The van der Waals surface area contributed by atoms with Gasteiger partial charge in [-0.2, -0.15) is 4.98 Å². The molecule has 47 heavy (non-hydrogen) atoms. The number of nitrogens with one attached hydrogen (secondary N) is 1. The van der Waals surface area contributed by atoms with Gasteiger partial charge in [0.25, 0.3) is 0 Å². The normalized spacial score (nSPS) is 14.5. The zero-order valence-corrected chi connectivity index (χ0v) is 26.9. The topological polar surface area (TPSA) is 94.1 Å². The molecule has 2 heterocycles. The summed E-state index contributed by atoms with van der Waals surface area (Å²) in [6.45, 7) is 10.8. The molecule has 3 aromatic carbocycles. The van der Waals surface area contributed by atoms with Gasteiger partial charge in [0.1, 0.15) is 17.5 Å². The minimum Gasteiger partial charge on any atom is -0.490 e. The number of carboxylic acid groups (broad SMARTS) is 1. The molecule has 2 N–H and O–H groups in total. The number of aromatic nitrogens is 2. The Hall–Kier alpha value is -4.68. The van der Waals surface area contributed by atoms with Crippen LogP contribution in [0.4, 0.5) is 35.4 Å². The summed E-state index contributed by atoms with van der Waals surface area (Å²) in [7, 11) is 2.11. The summed E-state index contributed by atoms with van der Waals surface area (Å²) >= 11 is 0. The fraction of sp³-hybridized carbons (Fsp3) is 0.343. The lowest BCUT2D eigenvalue weighted by Crippen LogP contribution is -2.44. The van der Waals surface area contributed by atoms with E-state index in [0.717, 1.165) is 67.8 Å². The molecule has 4 aromatic rings. The fourth-order valence-electron chi connectivity index (χ4n) is 6.02. The second kappa shape index (κ2) is 14.8. The first kappa shape index (κ1) is 33.7. The summed E-state index contributed by atoms with van der Waals surface area (Å²) in [5.74, 6) is -2.07. The fourth-order valence-corrected chi connectivity index (χ4v) is 6.02. The highest BCUT2D eigenvalue weighted by molar-refractivity contribution is 5.87. The lowest BCUT2D eigenvalue weighted by molar-refractivity contribution is 0.145. The molecule has 1 aromatic heterocycles. The quantitative estimate of drug-likeness (QED) is 0.171. The summed E-state index contributed by atoms with van der Waals surface area (Å²) < 4.78 is 50.5. The first-order valence-corrected chi connectivity index (χ1v) is 15.5. The maximum Gasteiger partial charge on any atom is 0.413 e. The van der Waals surface area contributed by atoms with E-state index in [2.05, 4.69) is 32.1 Å². The maximum absolute atomic E-state index is 15.3. The van der Waals surface area contributed by atoms with Crippen LogP contribution in [0, 0.1) is 38.2 Å². The number of carbonyl (C=O) groups is 1. The number of hydrogen-bond donors (Lipinski definition) is 2. The third-order valence-electron chi connectivity index (χ3n) is 8.28. The highest BCUT2D eigenvalue weighted by atomic mass is 19.1. The van der Waals surface area contributed by atoms with E-state index >= 15 is 4.39 Å². The van der Waals surface area contributed by atoms with Crippen molar-refractivity contribution in [2.45, 2.75) is 33.2 Å². The van der Waals surface area contributed by atoms with Gasteiger partial charge in [0, 0.05) is 56.2 Å². The molecule has 0 saturated carbocycles. The van der Waals surface area contributed by atoms with Crippen molar-refractivity contribution in [3.8, 4) is 5.75 Å². The smallest absolute Gasteiger partial charge is 0.413 e. The number of nitrogens with zero attached hydrogens (tertiary/aromatic N) is 5. The Labute approximate surface area is 272 Å². The van der Waals surface area contributed by atoms with Gasteiger partial charge in [-0.3, -0.25) is 0 Å². The molecule has 9 nitrogen and oxygen atoms in total. The molecular weight excluding hydrogens is 609 g/mol. The zero-order valence-electron chi connectivity index (χ0n) is 26.9. The molecule has 1 atom stereocenters. The molecule has 1 amide bonds. The Morgan fingerprint density at radius 3 is 2.38 bits per heavy atom. The summed E-state index contributed by atoms with van der Waals surface area (Å²) in [5, 5.41) is 13.4. The van der Waals surface area contributed by atoms with Gasteiger partial charge in [-0.25, -0.2) is 27.8 Å². The Bertz CT molecular complexity index is 1710. The number of ether oxygens (including phenoxy) is 1. The Morgan fingerprint density at radius 1 is 0.979 bits per heavy atom. The van der Waals surface area contributed by atoms with Crippen molar-refractivity contribution in [2.24, 2.45) is 0 Å². The number of hydrogen-bond acceptors (Lipinski definition) is 7. The van der Waals surface area contributed by atoms with Crippen LogP contribution < -0.4 is 15.0 Å². The molecule has 0 spiro atoms. The van der Waals surface area contributed by atoms with Crippen LogP contribution in [0.25, 0.3) is 0 Å². The first-order chi connectivity index (χ1) is 22.5. The third kappa shape index (κ3) is 8.19.